The lowest BCUT2D eigenvalue weighted by Crippen LogP contribution is -2.07. The van der Waals surface area contributed by atoms with Gasteiger partial charge in [0.15, 0.2) is 6.29 Å². The highest BCUT2D eigenvalue weighted by Gasteiger charge is 2.14. The first-order valence-electron chi connectivity index (χ1n) is 4.50. The van der Waals surface area contributed by atoms with E-state index in [2.05, 4.69) is 13.3 Å². The predicted molar refractivity (Wildman–Crippen MR) is 44.1 cm³/mol. The molecule has 0 aromatic heterocycles. The molecule has 2 nitrogen and oxygen atoms in total. The van der Waals surface area contributed by atoms with E-state index >= 15 is 0 Å². The molecule has 0 saturated carbocycles. The Balaban J connectivity index is 1.86. The topological polar surface area (TPSA) is 18.5 Å². The minimum atomic E-state index is -0.00754. The Bertz CT molecular complexity index is 87.6. The maximum Gasteiger partial charge on any atom is 0.161 e. The molecule has 0 atom stereocenters. The average Bonchev–Trinajstić information content (AvgIpc) is 2.50. The monoisotopic (exact) mass is 157 g/mol. The molecule has 1 radical (unpaired) electrons. The summed E-state index contributed by atoms with van der Waals surface area (Å²) in [6, 6.07) is 0. The fraction of sp³-hybridized carbons (Fsp3) is 0.889. The largest absolute Gasteiger partial charge is 0.350 e. The number of hydrogen-bond donors (Lipinski definition) is 0. The van der Waals surface area contributed by atoms with Gasteiger partial charge in [-0.15, -0.1) is 0 Å². The van der Waals surface area contributed by atoms with E-state index in [0.29, 0.717) is 0 Å². The Morgan fingerprint density at radius 3 is 2.64 bits per heavy atom. The van der Waals surface area contributed by atoms with E-state index in [1.165, 1.54) is 19.3 Å². The van der Waals surface area contributed by atoms with Crippen molar-refractivity contribution in [2.75, 3.05) is 13.2 Å². The number of ether oxygens (including phenoxy) is 2. The second-order valence-corrected chi connectivity index (χ2v) is 2.84. The van der Waals surface area contributed by atoms with Crippen molar-refractivity contribution in [3.8, 4) is 0 Å². The van der Waals surface area contributed by atoms with Crippen LogP contribution in [0.5, 0.6) is 0 Å². The molecule has 11 heavy (non-hydrogen) atoms. The summed E-state index contributed by atoms with van der Waals surface area (Å²) in [5, 5.41) is 0. The van der Waals surface area contributed by atoms with Crippen LogP contribution in [0.25, 0.3) is 0 Å². The van der Waals surface area contributed by atoms with E-state index in [1.54, 1.807) is 0 Å². The first-order valence-corrected chi connectivity index (χ1v) is 4.50. The van der Waals surface area contributed by atoms with E-state index in [4.69, 9.17) is 9.47 Å². The van der Waals surface area contributed by atoms with E-state index in [-0.39, 0.29) is 6.29 Å². The van der Waals surface area contributed by atoms with Crippen molar-refractivity contribution < 1.29 is 9.47 Å². The van der Waals surface area contributed by atoms with Gasteiger partial charge in [-0.2, -0.15) is 0 Å². The standard InChI is InChI=1S/C9H17O2/c1-2-3-4-5-6-9-10-7-8-11-9/h6,9H,2-5,7-8H2,1H3. The van der Waals surface area contributed by atoms with Crippen molar-refractivity contribution in [2.45, 2.75) is 38.9 Å². The lowest BCUT2D eigenvalue weighted by atomic mass is 10.1. The van der Waals surface area contributed by atoms with Gasteiger partial charge in [0.1, 0.15) is 0 Å². The molecule has 1 saturated heterocycles. The van der Waals surface area contributed by atoms with Gasteiger partial charge < -0.3 is 9.47 Å². The third-order valence-electron chi connectivity index (χ3n) is 1.81. The maximum absolute atomic E-state index is 5.26. The molecule has 1 aliphatic heterocycles. The van der Waals surface area contributed by atoms with Gasteiger partial charge in [-0.1, -0.05) is 26.2 Å². The normalized spacial score (nSPS) is 19.4. The Morgan fingerprint density at radius 1 is 1.27 bits per heavy atom. The van der Waals surface area contributed by atoms with Gasteiger partial charge in [-0.05, 0) is 6.42 Å². The summed E-state index contributed by atoms with van der Waals surface area (Å²) in [5.41, 5.74) is 0. The van der Waals surface area contributed by atoms with Crippen molar-refractivity contribution in [1.82, 2.24) is 0 Å². The molecule has 0 unspecified atom stereocenters. The molecule has 0 amide bonds. The SMILES string of the molecule is CCCCC[CH]C1OCCO1. The number of rotatable bonds is 5. The van der Waals surface area contributed by atoms with Gasteiger partial charge in [0, 0.05) is 6.42 Å². The molecule has 0 aliphatic carbocycles. The predicted octanol–water partition coefficient (Wildman–Crippen LogP) is 2.14. The highest BCUT2D eigenvalue weighted by molar-refractivity contribution is 4.71. The van der Waals surface area contributed by atoms with Crippen LogP contribution in [0.15, 0.2) is 0 Å². The molecule has 2 heteroatoms. The first kappa shape index (κ1) is 9.01. The molecule has 1 rings (SSSR count). The summed E-state index contributed by atoms with van der Waals surface area (Å²) in [5.74, 6) is 0. The molecule has 0 aromatic rings. The van der Waals surface area contributed by atoms with E-state index in [9.17, 15) is 0 Å². The molecule has 1 aliphatic rings. The van der Waals surface area contributed by atoms with Gasteiger partial charge in [0.25, 0.3) is 0 Å². The Morgan fingerprint density at radius 2 is 2.00 bits per heavy atom. The summed E-state index contributed by atoms with van der Waals surface area (Å²) >= 11 is 0. The molecule has 65 valence electrons. The van der Waals surface area contributed by atoms with Crippen LogP contribution in [0.1, 0.15) is 32.6 Å². The van der Waals surface area contributed by atoms with Crippen molar-refractivity contribution in [1.29, 1.82) is 0 Å². The second-order valence-electron chi connectivity index (χ2n) is 2.84. The van der Waals surface area contributed by atoms with Crippen LogP contribution in [-0.4, -0.2) is 19.5 Å². The second kappa shape index (κ2) is 5.56. The van der Waals surface area contributed by atoms with Crippen molar-refractivity contribution in [3.63, 3.8) is 0 Å². The Hall–Kier alpha value is -0.0800. The van der Waals surface area contributed by atoms with Crippen LogP contribution in [0, 0.1) is 6.42 Å². The molecule has 0 bridgehead atoms. The minimum absolute atomic E-state index is 0.00754. The van der Waals surface area contributed by atoms with Crippen LogP contribution in [0.4, 0.5) is 0 Å². The third kappa shape index (κ3) is 3.73. The fourth-order valence-corrected chi connectivity index (χ4v) is 1.16. The zero-order valence-electron chi connectivity index (χ0n) is 7.21. The summed E-state index contributed by atoms with van der Waals surface area (Å²) in [4.78, 5) is 0. The van der Waals surface area contributed by atoms with Gasteiger partial charge in [0.05, 0.1) is 13.2 Å². The Kier molecular flexibility index (Phi) is 4.55. The van der Waals surface area contributed by atoms with Crippen LogP contribution >= 0.6 is 0 Å². The maximum atomic E-state index is 5.26. The zero-order chi connectivity index (χ0) is 7.94. The smallest absolute Gasteiger partial charge is 0.161 e. The number of unbranched alkanes of at least 4 members (excludes halogenated alkanes) is 3. The van der Waals surface area contributed by atoms with Gasteiger partial charge in [-0.25, -0.2) is 0 Å². The summed E-state index contributed by atoms with van der Waals surface area (Å²) in [6.07, 6.45) is 7.09. The van der Waals surface area contributed by atoms with Crippen LogP contribution in [0.3, 0.4) is 0 Å². The molecular weight excluding hydrogens is 140 g/mol. The van der Waals surface area contributed by atoms with Crippen molar-refractivity contribution in [2.24, 2.45) is 0 Å². The highest BCUT2D eigenvalue weighted by atomic mass is 16.7. The van der Waals surface area contributed by atoms with Crippen molar-refractivity contribution in [3.05, 3.63) is 6.42 Å². The van der Waals surface area contributed by atoms with Crippen LogP contribution < -0.4 is 0 Å². The van der Waals surface area contributed by atoms with Crippen LogP contribution in [0.2, 0.25) is 0 Å². The van der Waals surface area contributed by atoms with E-state index in [1.807, 2.05) is 0 Å². The fourth-order valence-electron chi connectivity index (χ4n) is 1.16. The van der Waals surface area contributed by atoms with Crippen LogP contribution in [-0.2, 0) is 9.47 Å². The van der Waals surface area contributed by atoms with Gasteiger partial charge in [-0.3, -0.25) is 0 Å². The average molecular weight is 157 g/mol. The van der Waals surface area contributed by atoms with Crippen molar-refractivity contribution >= 4 is 0 Å². The highest BCUT2D eigenvalue weighted by Crippen LogP contribution is 2.11. The van der Waals surface area contributed by atoms with E-state index < -0.39 is 0 Å². The van der Waals surface area contributed by atoms with Gasteiger partial charge in [0.2, 0.25) is 0 Å². The molecule has 0 aromatic carbocycles. The minimum Gasteiger partial charge on any atom is -0.350 e. The third-order valence-corrected chi connectivity index (χ3v) is 1.81. The Labute approximate surface area is 68.9 Å². The zero-order valence-corrected chi connectivity index (χ0v) is 7.21. The lowest BCUT2D eigenvalue weighted by Gasteiger charge is -2.06. The first-order chi connectivity index (χ1) is 5.43. The summed E-state index contributed by atoms with van der Waals surface area (Å²) < 4.78 is 10.5. The lowest BCUT2D eigenvalue weighted by molar-refractivity contribution is -0.0170. The molecular formula is C9H17O2. The molecule has 0 N–H and O–H groups in total. The van der Waals surface area contributed by atoms with Gasteiger partial charge >= 0.3 is 0 Å². The quantitative estimate of drug-likeness (QED) is 0.569. The molecule has 0 spiro atoms. The summed E-state index contributed by atoms with van der Waals surface area (Å²) in [7, 11) is 0. The number of hydrogen-bond acceptors (Lipinski definition) is 2. The summed E-state index contributed by atoms with van der Waals surface area (Å²) in [6.45, 7) is 3.73. The van der Waals surface area contributed by atoms with E-state index in [0.717, 1.165) is 19.6 Å². The molecule has 1 fully saturated rings. The molecule has 1 heterocycles.